The van der Waals surface area contributed by atoms with Crippen LogP contribution in [0, 0.1) is 0 Å². The normalized spacial score (nSPS) is 11.6. The molecule has 0 aliphatic carbocycles. The first kappa shape index (κ1) is 16.9. The lowest BCUT2D eigenvalue weighted by Crippen LogP contribution is -2.35. The maximum atomic E-state index is 12.2. The smallest absolute Gasteiger partial charge is 0.271 e. The van der Waals surface area contributed by atoms with Crippen LogP contribution in [-0.2, 0) is 14.8 Å². The van der Waals surface area contributed by atoms with E-state index in [0.717, 1.165) is 15.6 Å². The Kier molecular flexibility index (Phi) is 5.16. The minimum atomic E-state index is -3.71. The van der Waals surface area contributed by atoms with Crippen LogP contribution < -0.4 is 10.9 Å². The number of pyridine rings is 1. The van der Waals surface area contributed by atoms with E-state index >= 15 is 0 Å². The SMILES string of the molecule is CN(CC(=O)Nc1cc(Br)c[nH]c1=O)S(=O)(=O)c1cccs1. The zero-order valence-electron chi connectivity index (χ0n) is 11.4. The molecule has 0 fully saturated rings. The molecule has 10 heteroatoms. The maximum Gasteiger partial charge on any atom is 0.271 e. The molecule has 2 aromatic heterocycles. The van der Waals surface area contributed by atoms with Gasteiger partial charge in [-0.3, -0.25) is 9.59 Å². The second-order valence-corrected chi connectivity index (χ2v) is 8.44. The first-order valence-corrected chi connectivity index (χ1v) is 9.10. The molecule has 0 spiro atoms. The van der Waals surface area contributed by atoms with Crippen molar-refractivity contribution < 1.29 is 13.2 Å². The topological polar surface area (TPSA) is 99.3 Å². The highest BCUT2D eigenvalue weighted by atomic mass is 79.9. The molecule has 2 rings (SSSR count). The minimum Gasteiger partial charge on any atom is -0.326 e. The van der Waals surface area contributed by atoms with Crippen LogP contribution in [0.4, 0.5) is 5.69 Å². The largest absolute Gasteiger partial charge is 0.326 e. The van der Waals surface area contributed by atoms with E-state index in [2.05, 4.69) is 26.2 Å². The number of carbonyl (C=O) groups is 1. The Bertz CT molecular complexity index is 830. The summed E-state index contributed by atoms with van der Waals surface area (Å²) < 4.78 is 26.0. The van der Waals surface area contributed by atoms with Crippen molar-refractivity contribution in [3.8, 4) is 0 Å². The number of anilines is 1. The lowest BCUT2D eigenvalue weighted by molar-refractivity contribution is -0.116. The lowest BCUT2D eigenvalue weighted by atomic mass is 10.4. The zero-order chi connectivity index (χ0) is 16.3. The van der Waals surface area contributed by atoms with E-state index in [0.29, 0.717) is 4.47 Å². The summed E-state index contributed by atoms with van der Waals surface area (Å²) in [7, 11) is -2.40. The van der Waals surface area contributed by atoms with E-state index in [1.54, 1.807) is 11.4 Å². The summed E-state index contributed by atoms with van der Waals surface area (Å²) >= 11 is 4.24. The third kappa shape index (κ3) is 3.83. The molecule has 2 N–H and O–H groups in total. The molecule has 22 heavy (non-hydrogen) atoms. The summed E-state index contributed by atoms with van der Waals surface area (Å²) in [5, 5.41) is 4.02. The zero-order valence-corrected chi connectivity index (χ0v) is 14.6. The maximum absolute atomic E-state index is 12.2. The van der Waals surface area contributed by atoms with Gasteiger partial charge in [-0.15, -0.1) is 11.3 Å². The number of likely N-dealkylation sites (N-methyl/N-ethyl adjacent to an activating group) is 1. The number of rotatable bonds is 5. The van der Waals surface area contributed by atoms with E-state index in [4.69, 9.17) is 0 Å². The van der Waals surface area contributed by atoms with E-state index < -0.39 is 28.0 Å². The molecule has 1 amide bonds. The highest BCUT2D eigenvalue weighted by Gasteiger charge is 2.24. The van der Waals surface area contributed by atoms with E-state index in [9.17, 15) is 18.0 Å². The number of thiophene rings is 1. The molecule has 0 aromatic carbocycles. The monoisotopic (exact) mass is 405 g/mol. The van der Waals surface area contributed by atoms with Crippen molar-refractivity contribution in [1.82, 2.24) is 9.29 Å². The van der Waals surface area contributed by atoms with Gasteiger partial charge < -0.3 is 10.3 Å². The molecule has 0 bridgehead atoms. The molecular formula is C12H12BrN3O4S2. The van der Waals surface area contributed by atoms with Crippen LogP contribution in [0.1, 0.15) is 0 Å². The van der Waals surface area contributed by atoms with Crippen molar-refractivity contribution >= 4 is 48.9 Å². The van der Waals surface area contributed by atoms with Gasteiger partial charge in [-0.05, 0) is 33.4 Å². The summed E-state index contributed by atoms with van der Waals surface area (Å²) in [5.41, 5.74) is -0.429. The number of nitrogens with one attached hydrogen (secondary N) is 2. The molecule has 0 saturated heterocycles. The Morgan fingerprint density at radius 1 is 1.50 bits per heavy atom. The number of amides is 1. The standard InChI is InChI=1S/C12H12BrN3O4S2/c1-16(22(19,20)11-3-2-4-21-11)7-10(17)15-9-5-8(13)6-14-12(9)18/h2-6H,7H2,1H3,(H,14,18)(H,15,17). The van der Waals surface area contributed by atoms with Crippen LogP contribution in [0.25, 0.3) is 0 Å². The fourth-order valence-corrected chi connectivity index (χ4v) is 4.26. The van der Waals surface area contributed by atoms with Crippen LogP contribution in [-0.4, -0.2) is 37.2 Å². The molecular weight excluding hydrogens is 394 g/mol. The van der Waals surface area contributed by atoms with Crippen LogP contribution in [0.5, 0.6) is 0 Å². The first-order valence-electron chi connectivity index (χ1n) is 5.98. The van der Waals surface area contributed by atoms with Gasteiger partial charge in [-0.25, -0.2) is 8.42 Å². The average Bonchev–Trinajstić information content (AvgIpc) is 2.97. The number of hydrogen-bond donors (Lipinski definition) is 2. The van der Waals surface area contributed by atoms with Crippen molar-refractivity contribution in [2.24, 2.45) is 0 Å². The highest BCUT2D eigenvalue weighted by molar-refractivity contribution is 9.10. The van der Waals surface area contributed by atoms with Gasteiger partial charge in [0.2, 0.25) is 5.91 Å². The van der Waals surface area contributed by atoms with Gasteiger partial charge in [-0.1, -0.05) is 6.07 Å². The van der Waals surface area contributed by atoms with Gasteiger partial charge in [0, 0.05) is 17.7 Å². The second kappa shape index (κ2) is 6.73. The van der Waals surface area contributed by atoms with Gasteiger partial charge in [-0.2, -0.15) is 4.31 Å². The Balaban J connectivity index is 2.09. The summed E-state index contributed by atoms with van der Waals surface area (Å²) in [6.07, 6.45) is 1.44. The second-order valence-electron chi connectivity index (χ2n) is 4.30. The highest BCUT2D eigenvalue weighted by Crippen LogP contribution is 2.19. The number of hydrogen-bond acceptors (Lipinski definition) is 5. The van der Waals surface area contributed by atoms with Gasteiger partial charge in [0.25, 0.3) is 15.6 Å². The van der Waals surface area contributed by atoms with Gasteiger partial charge in [0.05, 0.1) is 6.54 Å². The minimum absolute atomic E-state index is 0.0429. The fraction of sp³-hybridized carbons (Fsp3) is 0.167. The predicted octanol–water partition coefficient (Wildman–Crippen LogP) is 1.46. The number of H-pyrrole nitrogens is 1. The van der Waals surface area contributed by atoms with Gasteiger partial charge >= 0.3 is 0 Å². The molecule has 0 aliphatic rings. The Hall–Kier alpha value is -1.49. The average molecular weight is 406 g/mol. The van der Waals surface area contributed by atoms with Crippen LogP contribution in [0.2, 0.25) is 0 Å². The summed E-state index contributed by atoms with van der Waals surface area (Å²) in [6.45, 7) is -0.397. The number of sulfonamides is 1. The Morgan fingerprint density at radius 2 is 2.23 bits per heavy atom. The molecule has 0 radical (unpaired) electrons. The number of halogens is 1. The third-order valence-electron chi connectivity index (χ3n) is 2.67. The summed E-state index contributed by atoms with van der Waals surface area (Å²) in [6, 6.07) is 4.52. The number of aromatic nitrogens is 1. The first-order chi connectivity index (χ1) is 10.3. The predicted molar refractivity (Wildman–Crippen MR) is 87.5 cm³/mol. The number of nitrogens with zero attached hydrogens (tertiary/aromatic N) is 1. The molecule has 0 saturated carbocycles. The van der Waals surface area contributed by atoms with Crippen LogP contribution >= 0.6 is 27.3 Å². The van der Waals surface area contributed by atoms with Crippen molar-refractivity contribution in [3.63, 3.8) is 0 Å². The molecule has 118 valence electrons. The van der Waals surface area contributed by atoms with E-state index in [1.165, 1.54) is 25.4 Å². The molecule has 2 heterocycles. The third-order valence-corrected chi connectivity index (χ3v) is 6.30. The lowest BCUT2D eigenvalue weighted by Gasteiger charge is -2.15. The van der Waals surface area contributed by atoms with Crippen LogP contribution in [0.3, 0.4) is 0 Å². The number of carbonyl (C=O) groups excluding carboxylic acids is 1. The molecule has 7 nitrogen and oxygen atoms in total. The molecule has 0 unspecified atom stereocenters. The number of aromatic amines is 1. The van der Waals surface area contributed by atoms with Crippen LogP contribution in [0.15, 0.2) is 43.3 Å². The molecule has 0 aliphatic heterocycles. The molecule has 0 atom stereocenters. The van der Waals surface area contributed by atoms with Crippen molar-refractivity contribution in [3.05, 3.63) is 44.6 Å². The Labute approximate surface area is 139 Å². The van der Waals surface area contributed by atoms with Crippen molar-refractivity contribution in [2.45, 2.75) is 4.21 Å². The summed E-state index contributed by atoms with van der Waals surface area (Å²) in [5.74, 6) is -0.605. The van der Waals surface area contributed by atoms with Gasteiger partial charge in [0.15, 0.2) is 0 Å². The molecule has 2 aromatic rings. The Morgan fingerprint density at radius 3 is 2.86 bits per heavy atom. The fourth-order valence-electron chi connectivity index (χ4n) is 1.59. The van der Waals surface area contributed by atoms with E-state index in [-0.39, 0.29) is 9.90 Å². The summed E-state index contributed by atoms with van der Waals surface area (Å²) in [4.78, 5) is 25.9. The van der Waals surface area contributed by atoms with Crippen molar-refractivity contribution in [1.29, 1.82) is 0 Å². The van der Waals surface area contributed by atoms with Crippen molar-refractivity contribution in [2.75, 3.05) is 18.9 Å². The van der Waals surface area contributed by atoms with Gasteiger partial charge in [0.1, 0.15) is 9.90 Å². The van der Waals surface area contributed by atoms with E-state index in [1.807, 2.05) is 0 Å². The quantitative estimate of drug-likeness (QED) is 0.785.